The smallest absolute Gasteiger partial charge is 0.340 e. The van der Waals surface area contributed by atoms with Crippen molar-refractivity contribution >= 4 is 58.3 Å². The van der Waals surface area contributed by atoms with Gasteiger partial charge in [0.15, 0.2) is 0 Å². The van der Waals surface area contributed by atoms with Crippen molar-refractivity contribution < 1.29 is 19.1 Å². The molecule has 1 rings (SSSR count). The summed E-state index contributed by atoms with van der Waals surface area (Å²) in [6, 6.07) is 0. The van der Waals surface area contributed by atoms with E-state index in [0.29, 0.717) is 12.8 Å². The van der Waals surface area contributed by atoms with Gasteiger partial charge in [0.2, 0.25) is 0 Å². The van der Waals surface area contributed by atoms with E-state index in [9.17, 15) is 9.59 Å². The summed E-state index contributed by atoms with van der Waals surface area (Å²) in [5.74, 6) is -1.77. The van der Waals surface area contributed by atoms with Crippen molar-refractivity contribution in [2.24, 2.45) is 0 Å². The van der Waals surface area contributed by atoms with Gasteiger partial charge in [0.1, 0.15) is 13.2 Å². The Morgan fingerprint density at radius 3 is 1.36 bits per heavy atom. The summed E-state index contributed by atoms with van der Waals surface area (Å²) < 4.78 is 10.2. The summed E-state index contributed by atoms with van der Waals surface area (Å²) in [7, 11) is 0. The molecule has 0 radical (unpaired) electrons. The molecule has 0 fully saturated rings. The van der Waals surface area contributed by atoms with Crippen LogP contribution in [-0.4, -0.2) is 25.2 Å². The van der Waals surface area contributed by atoms with E-state index < -0.39 is 11.9 Å². The first-order chi connectivity index (χ1) is 13.4. The molecule has 0 N–H and O–H groups in total. The molecule has 0 saturated carbocycles. The van der Waals surface area contributed by atoms with E-state index >= 15 is 0 Å². The Balaban J connectivity index is 3.16. The second-order valence-corrected chi connectivity index (χ2v) is 6.71. The zero-order valence-electron chi connectivity index (χ0n) is 14.9. The monoisotopic (exact) mass is 462 g/mol. The predicted molar refractivity (Wildman–Crippen MR) is 115 cm³/mol. The summed E-state index contributed by atoms with van der Waals surface area (Å²) in [5.41, 5.74) is -0.614. The number of rotatable bonds is 10. The molecule has 8 heteroatoms. The molecule has 0 spiro atoms. The predicted octanol–water partition coefficient (Wildman–Crippen LogP) is 6.88. The molecule has 0 aliphatic rings. The molecule has 150 valence electrons. The van der Waals surface area contributed by atoms with Crippen molar-refractivity contribution in [3.05, 3.63) is 80.8 Å². The molecule has 0 aromatic heterocycles. The van der Waals surface area contributed by atoms with E-state index in [1.807, 2.05) is 0 Å². The van der Waals surface area contributed by atoms with E-state index in [4.69, 9.17) is 55.9 Å². The second kappa shape index (κ2) is 12.7. The Morgan fingerprint density at radius 1 is 0.679 bits per heavy atom. The minimum Gasteiger partial charge on any atom is -0.458 e. The van der Waals surface area contributed by atoms with Crippen LogP contribution in [-0.2, 0) is 9.47 Å². The first-order valence-corrected chi connectivity index (χ1v) is 9.59. The number of halogens is 4. The highest BCUT2D eigenvalue weighted by Gasteiger charge is 2.30. The average molecular weight is 464 g/mol. The molecule has 0 atom stereocenters. The minimum atomic E-state index is -0.886. The molecule has 1 aromatic carbocycles. The lowest BCUT2D eigenvalue weighted by Gasteiger charge is -2.14. The second-order valence-electron chi connectivity index (χ2n) is 5.19. The van der Waals surface area contributed by atoms with Crippen LogP contribution in [0.2, 0.25) is 20.1 Å². The topological polar surface area (TPSA) is 52.6 Å². The van der Waals surface area contributed by atoms with E-state index in [-0.39, 0.29) is 44.4 Å². The summed E-state index contributed by atoms with van der Waals surface area (Å²) in [5, 5.41) is -0.814. The van der Waals surface area contributed by atoms with Crippen LogP contribution in [0.5, 0.6) is 0 Å². The molecule has 0 heterocycles. The van der Waals surface area contributed by atoms with Crippen molar-refractivity contribution in [3.63, 3.8) is 0 Å². The average Bonchev–Trinajstić information content (AvgIpc) is 2.68. The van der Waals surface area contributed by atoms with Crippen LogP contribution in [0.4, 0.5) is 0 Å². The van der Waals surface area contributed by atoms with Crippen LogP contribution in [0.25, 0.3) is 0 Å². The number of hydrogen-bond donors (Lipinski definition) is 0. The number of ether oxygens (including phenoxy) is 2. The Morgan fingerprint density at radius 2 is 1.04 bits per heavy atom. The molecule has 0 unspecified atom stereocenters. The third-order valence-corrected chi connectivity index (χ3v) is 5.04. The summed E-state index contributed by atoms with van der Waals surface area (Å²) in [6.07, 6.45) is 11.4. The largest absolute Gasteiger partial charge is 0.458 e. The van der Waals surface area contributed by atoms with Gasteiger partial charge in [-0.2, -0.15) is 0 Å². The van der Waals surface area contributed by atoms with Gasteiger partial charge in [-0.1, -0.05) is 82.9 Å². The fraction of sp³-hybridized carbons (Fsp3) is 0.200. The normalized spacial score (nSPS) is 11.0. The summed E-state index contributed by atoms with van der Waals surface area (Å²) in [4.78, 5) is 25.0. The van der Waals surface area contributed by atoms with Gasteiger partial charge in [0.05, 0.1) is 31.2 Å². The van der Waals surface area contributed by atoms with Crippen LogP contribution in [0.3, 0.4) is 0 Å². The van der Waals surface area contributed by atoms with Gasteiger partial charge in [-0.15, -0.1) is 13.2 Å². The third kappa shape index (κ3) is 6.71. The first-order valence-electron chi connectivity index (χ1n) is 8.08. The highest BCUT2D eigenvalue weighted by molar-refractivity contribution is 6.54. The minimum absolute atomic E-state index is 0.0420. The zero-order chi connectivity index (χ0) is 21.1. The van der Waals surface area contributed by atoms with Crippen molar-refractivity contribution in [2.45, 2.75) is 12.8 Å². The fourth-order valence-corrected chi connectivity index (χ4v) is 2.93. The molecular formula is C20H18Cl4O4. The maximum absolute atomic E-state index is 12.5. The number of hydrogen-bond acceptors (Lipinski definition) is 4. The lowest BCUT2D eigenvalue weighted by Crippen LogP contribution is -2.16. The van der Waals surface area contributed by atoms with Crippen LogP contribution in [0.15, 0.2) is 49.6 Å². The number of carbonyl (C=O) groups is 2. The van der Waals surface area contributed by atoms with Gasteiger partial charge in [0.25, 0.3) is 0 Å². The fourth-order valence-electron chi connectivity index (χ4n) is 1.93. The van der Waals surface area contributed by atoms with E-state index in [1.165, 1.54) is 0 Å². The van der Waals surface area contributed by atoms with Gasteiger partial charge in [0, 0.05) is 0 Å². The summed E-state index contributed by atoms with van der Waals surface area (Å²) in [6.45, 7) is 7.06. The van der Waals surface area contributed by atoms with Crippen LogP contribution >= 0.6 is 46.4 Å². The highest BCUT2D eigenvalue weighted by Crippen LogP contribution is 2.42. The number of allylic oxidation sites excluding steroid dienone is 4. The Hall–Kier alpha value is -1.72. The quantitative estimate of drug-likeness (QED) is 0.164. The molecule has 0 bridgehead atoms. The van der Waals surface area contributed by atoms with Crippen molar-refractivity contribution in [2.75, 3.05) is 13.2 Å². The van der Waals surface area contributed by atoms with Crippen molar-refractivity contribution in [1.82, 2.24) is 0 Å². The van der Waals surface area contributed by atoms with Crippen molar-refractivity contribution in [3.8, 4) is 0 Å². The van der Waals surface area contributed by atoms with Gasteiger partial charge in [-0.3, -0.25) is 0 Å². The maximum atomic E-state index is 12.5. The molecule has 28 heavy (non-hydrogen) atoms. The number of benzene rings is 1. The van der Waals surface area contributed by atoms with Gasteiger partial charge < -0.3 is 9.47 Å². The zero-order valence-corrected chi connectivity index (χ0v) is 17.9. The Kier molecular flexibility index (Phi) is 11.0. The lowest BCUT2D eigenvalue weighted by molar-refractivity contribution is 0.0503. The Labute approximate surface area is 184 Å². The molecule has 0 saturated heterocycles. The van der Waals surface area contributed by atoms with Crippen LogP contribution in [0, 0.1) is 0 Å². The molecular weight excluding hydrogens is 446 g/mol. The van der Waals surface area contributed by atoms with Gasteiger partial charge in [-0.25, -0.2) is 9.59 Å². The third-order valence-electron chi connectivity index (χ3n) is 3.24. The first kappa shape index (κ1) is 24.3. The van der Waals surface area contributed by atoms with Gasteiger partial charge in [-0.05, 0) is 12.8 Å². The summed E-state index contributed by atoms with van der Waals surface area (Å²) >= 11 is 24.3. The van der Waals surface area contributed by atoms with E-state index in [2.05, 4.69) is 13.2 Å². The SMILES string of the molecule is C=CCC=CCOC(=O)c1c(Cl)c(Cl)c(Cl)c(Cl)c1C(=O)OC/C=C\CC=C. The van der Waals surface area contributed by atoms with Gasteiger partial charge >= 0.3 is 11.9 Å². The Bertz CT molecular complexity index is 746. The number of carbonyl (C=O) groups excluding carboxylic acids is 2. The lowest BCUT2D eigenvalue weighted by atomic mass is 10.1. The van der Waals surface area contributed by atoms with E-state index in [1.54, 1.807) is 36.5 Å². The molecule has 4 nitrogen and oxygen atoms in total. The number of esters is 2. The molecule has 0 aliphatic carbocycles. The molecule has 1 aromatic rings. The standard InChI is InChI=1S/C20H18Cl4O4/c1-3-5-7-9-11-27-19(25)13-14(16(22)18(24)17(23)15(13)21)20(26)28-12-10-8-6-4-2/h3-4,7-10H,1-2,5-6,11-12H2/b9-7-,10-8?. The van der Waals surface area contributed by atoms with Crippen molar-refractivity contribution in [1.29, 1.82) is 0 Å². The van der Waals surface area contributed by atoms with Crippen LogP contribution < -0.4 is 0 Å². The highest BCUT2D eigenvalue weighted by atomic mass is 35.5. The maximum Gasteiger partial charge on any atom is 0.340 e. The van der Waals surface area contributed by atoms with Crippen LogP contribution in [0.1, 0.15) is 33.6 Å². The molecule has 0 aliphatic heterocycles. The molecule has 0 amide bonds. The van der Waals surface area contributed by atoms with E-state index in [0.717, 1.165) is 0 Å².